The normalized spacial score (nSPS) is 11.6. The first kappa shape index (κ1) is 11.7. The molecule has 0 amide bonds. The van der Waals surface area contributed by atoms with Gasteiger partial charge in [0.05, 0.1) is 0 Å². The van der Waals surface area contributed by atoms with Crippen molar-refractivity contribution in [3.8, 4) is 0 Å². The maximum atomic E-state index is 3.53. The molecule has 16 heavy (non-hydrogen) atoms. The maximum absolute atomic E-state index is 3.53. The number of hydrogen-bond acceptors (Lipinski definition) is 1. The fourth-order valence-electron chi connectivity index (χ4n) is 1.94. The number of halogens is 1. The number of aryl methyl sites for hydroxylation is 1. The maximum Gasteiger partial charge on any atom is 0.0494 e. The summed E-state index contributed by atoms with van der Waals surface area (Å²) in [6, 6.07) is 6.48. The highest BCUT2D eigenvalue weighted by molar-refractivity contribution is 9.10. The van der Waals surface area contributed by atoms with Gasteiger partial charge < -0.3 is 9.47 Å². The lowest BCUT2D eigenvalue weighted by atomic mass is 10.2. The largest absolute Gasteiger partial charge is 0.346 e. The highest BCUT2D eigenvalue weighted by Gasteiger charge is 2.05. The molecule has 0 N–H and O–H groups in total. The van der Waals surface area contributed by atoms with Gasteiger partial charge in [0.25, 0.3) is 0 Å². The van der Waals surface area contributed by atoms with Crippen molar-refractivity contribution in [2.45, 2.75) is 13.5 Å². The Morgan fingerprint density at radius 3 is 2.75 bits per heavy atom. The Labute approximate surface area is 105 Å². The fraction of sp³-hybridized carbons (Fsp3) is 0.385. The van der Waals surface area contributed by atoms with Crippen LogP contribution in [0, 0.1) is 6.92 Å². The van der Waals surface area contributed by atoms with Crippen molar-refractivity contribution in [2.75, 3.05) is 20.6 Å². The molecule has 0 spiro atoms. The zero-order valence-corrected chi connectivity index (χ0v) is 11.6. The zero-order valence-electron chi connectivity index (χ0n) is 10.00. The molecule has 1 aromatic carbocycles. The summed E-state index contributed by atoms with van der Waals surface area (Å²) in [7, 11) is 4.21. The molecule has 0 saturated carbocycles. The lowest BCUT2D eigenvalue weighted by molar-refractivity contribution is 0.387. The Morgan fingerprint density at radius 2 is 2.06 bits per heavy atom. The van der Waals surface area contributed by atoms with Crippen molar-refractivity contribution < 1.29 is 0 Å². The minimum Gasteiger partial charge on any atom is -0.346 e. The molecule has 0 radical (unpaired) electrons. The summed E-state index contributed by atoms with van der Waals surface area (Å²) >= 11 is 3.53. The Balaban J connectivity index is 2.41. The molecule has 0 bridgehead atoms. The van der Waals surface area contributed by atoms with Gasteiger partial charge in [0.2, 0.25) is 0 Å². The van der Waals surface area contributed by atoms with E-state index in [1.165, 1.54) is 16.5 Å². The van der Waals surface area contributed by atoms with E-state index in [2.05, 4.69) is 70.8 Å². The summed E-state index contributed by atoms with van der Waals surface area (Å²) in [5.74, 6) is 0. The van der Waals surface area contributed by atoms with Gasteiger partial charge in [0.15, 0.2) is 0 Å². The van der Waals surface area contributed by atoms with Gasteiger partial charge in [-0.05, 0) is 38.7 Å². The third kappa shape index (κ3) is 2.30. The number of nitrogens with zero attached hydrogens (tertiary/aromatic N) is 2. The van der Waals surface area contributed by atoms with E-state index in [1.807, 2.05) is 0 Å². The summed E-state index contributed by atoms with van der Waals surface area (Å²) < 4.78 is 3.47. The molecule has 0 fully saturated rings. The number of likely N-dealkylation sites (N-methyl/N-ethyl adjacent to an activating group) is 1. The van der Waals surface area contributed by atoms with E-state index < -0.39 is 0 Å². The van der Waals surface area contributed by atoms with Gasteiger partial charge in [0.1, 0.15) is 0 Å². The van der Waals surface area contributed by atoms with Crippen molar-refractivity contribution in [1.82, 2.24) is 9.47 Å². The molecular weight excluding hydrogens is 264 g/mol. The molecule has 1 aromatic heterocycles. The summed E-state index contributed by atoms with van der Waals surface area (Å²) in [4.78, 5) is 2.21. The molecular formula is C13H17BrN2. The molecule has 1 heterocycles. The standard InChI is InChI=1S/C13H17BrN2/c1-10-9-16(7-6-15(2)3)13-8-11(14)4-5-12(10)13/h4-5,8-9H,6-7H2,1-3H3. The molecule has 2 rings (SSSR count). The van der Waals surface area contributed by atoms with E-state index in [0.717, 1.165) is 17.6 Å². The molecule has 0 saturated heterocycles. The first-order valence-electron chi connectivity index (χ1n) is 5.47. The minimum atomic E-state index is 1.04. The average molecular weight is 281 g/mol. The van der Waals surface area contributed by atoms with Gasteiger partial charge in [-0.25, -0.2) is 0 Å². The molecule has 0 unspecified atom stereocenters. The molecule has 2 aromatic rings. The molecule has 0 aliphatic rings. The van der Waals surface area contributed by atoms with Gasteiger partial charge in [-0.15, -0.1) is 0 Å². The fourth-order valence-corrected chi connectivity index (χ4v) is 2.29. The monoisotopic (exact) mass is 280 g/mol. The van der Waals surface area contributed by atoms with Crippen LogP contribution < -0.4 is 0 Å². The summed E-state index contributed by atoms with van der Waals surface area (Å²) in [5, 5.41) is 1.35. The molecule has 0 atom stereocenters. The predicted molar refractivity (Wildman–Crippen MR) is 72.9 cm³/mol. The highest BCUT2D eigenvalue weighted by atomic mass is 79.9. The second-order valence-electron chi connectivity index (χ2n) is 4.47. The Bertz CT molecular complexity index is 500. The van der Waals surface area contributed by atoms with Crippen LogP contribution in [0.15, 0.2) is 28.9 Å². The van der Waals surface area contributed by atoms with Crippen molar-refractivity contribution in [1.29, 1.82) is 0 Å². The molecule has 3 heteroatoms. The third-order valence-corrected chi connectivity index (χ3v) is 3.32. The number of benzene rings is 1. The van der Waals surface area contributed by atoms with E-state index in [0.29, 0.717) is 0 Å². The topological polar surface area (TPSA) is 8.17 Å². The second kappa shape index (κ2) is 4.60. The number of hydrogen-bond donors (Lipinski definition) is 0. The van der Waals surface area contributed by atoms with Crippen LogP contribution in [0.4, 0.5) is 0 Å². The third-order valence-electron chi connectivity index (χ3n) is 2.83. The van der Waals surface area contributed by atoms with Crippen LogP contribution in [-0.2, 0) is 6.54 Å². The van der Waals surface area contributed by atoms with E-state index in [4.69, 9.17) is 0 Å². The van der Waals surface area contributed by atoms with Gasteiger partial charge in [0, 0.05) is 34.7 Å². The second-order valence-corrected chi connectivity index (χ2v) is 5.39. The van der Waals surface area contributed by atoms with Crippen molar-refractivity contribution in [2.24, 2.45) is 0 Å². The SMILES string of the molecule is Cc1cn(CCN(C)C)c2cc(Br)ccc12. The Morgan fingerprint density at radius 1 is 1.31 bits per heavy atom. The van der Waals surface area contributed by atoms with Crippen molar-refractivity contribution in [3.05, 3.63) is 34.4 Å². The molecule has 0 aliphatic carbocycles. The minimum absolute atomic E-state index is 1.04. The van der Waals surface area contributed by atoms with Crippen LogP contribution in [0.25, 0.3) is 10.9 Å². The zero-order chi connectivity index (χ0) is 11.7. The first-order valence-corrected chi connectivity index (χ1v) is 6.27. The van der Waals surface area contributed by atoms with Gasteiger partial charge in [-0.1, -0.05) is 22.0 Å². The summed E-state index contributed by atoms with van der Waals surface area (Å²) in [6.45, 7) is 4.27. The van der Waals surface area contributed by atoms with Crippen molar-refractivity contribution >= 4 is 26.8 Å². The Hall–Kier alpha value is -0.800. The molecule has 86 valence electrons. The first-order chi connectivity index (χ1) is 7.58. The number of rotatable bonds is 3. The van der Waals surface area contributed by atoms with Gasteiger partial charge in [-0.3, -0.25) is 0 Å². The van der Waals surface area contributed by atoms with E-state index in [1.54, 1.807) is 0 Å². The summed E-state index contributed by atoms with van der Waals surface area (Å²) in [6.07, 6.45) is 2.24. The number of fused-ring (bicyclic) bond motifs is 1. The van der Waals surface area contributed by atoms with Crippen LogP contribution >= 0.6 is 15.9 Å². The lowest BCUT2D eigenvalue weighted by Crippen LogP contribution is -2.17. The van der Waals surface area contributed by atoms with E-state index >= 15 is 0 Å². The van der Waals surface area contributed by atoms with Crippen LogP contribution in [0.5, 0.6) is 0 Å². The molecule has 2 nitrogen and oxygen atoms in total. The smallest absolute Gasteiger partial charge is 0.0494 e. The van der Waals surface area contributed by atoms with Crippen LogP contribution in [0.1, 0.15) is 5.56 Å². The number of aromatic nitrogens is 1. The quantitative estimate of drug-likeness (QED) is 0.838. The predicted octanol–water partition coefficient (Wildman–Crippen LogP) is 3.27. The average Bonchev–Trinajstić information content (AvgIpc) is 2.52. The molecule has 0 aliphatic heterocycles. The van der Waals surface area contributed by atoms with Crippen molar-refractivity contribution in [3.63, 3.8) is 0 Å². The highest BCUT2D eigenvalue weighted by Crippen LogP contribution is 2.24. The summed E-state index contributed by atoms with van der Waals surface area (Å²) in [5.41, 5.74) is 2.66. The van der Waals surface area contributed by atoms with Crippen LogP contribution in [0.2, 0.25) is 0 Å². The van der Waals surface area contributed by atoms with Crippen LogP contribution in [-0.4, -0.2) is 30.1 Å². The van der Waals surface area contributed by atoms with Gasteiger partial charge >= 0.3 is 0 Å². The lowest BCUT2D eigenvalue weighted by Gasteiger charge is -2.11. The van der Waals surface area contributed by atoms with Gasteiger partial charge in [-0.2, -0.15) is 0 Å². The van der Waals surface area contributed by atoms with E-state index in [-0.39, 0.29) is 0 Å². The van der Waals surface area contributed by atoms with Crippen LogP contribution in [0.3, 0.4) is 0 Å². The Kier molecular flexibility index (Phi) is 3.36. The van der Waals surface area contributed by atoms with E-state index in [9.17, 15) is 0 Å².